The first-order valence-corrected chi connectivity index (χ1v) is 5.47. The van der Waals surface area contributed by atoms with Gasteiger partial charge >= 0.3 is 5.69 Å². The van der Waals surface area contributed by atoms with E-state index in [1.54, 1.807) is 0 Å². The zero-order chi connectivity index (χ0) is 12.9. The Labute approximate surface area is 100 Å². The molecule has 2 bridgehead atoms. The number of ether oxygens (including phenoxy) is 2. The van der Waals surface area contributed by atoms with E-state index in [2.05, 4.69) is 4.98 Å². The molecular formula is C10H12N2O6. The van der Waals surface area contributed by atoms with Crippen LogP contribution in [0.15, 0.2) is 21.9 Å². The normalized spacial score (nSPS) is 38.2. The minimum Gasteiger partial charge on any atom is -0.393 e. The largest absolute Gasteiger partial charge is 0.393 e. The van der Waals surface area contributed by atoms with Crippen LogP contribution in [0.3, 0.4) is 0 Å². The van der Waals surface area contributed by atoms with E-state index in [4.69, 9.17) is 9.47 Å². The predicted molar refractivity (Wildman–Crippen MR) is 57.0 cm³/mol. The number of rotatable bonds is 2. The Morgan fingerprint density at radius 3 is 2.94 bits per heavy atom. The van der Waals surface area contributed by atoms with Crippen LogP contribution in [0.25, 0.3) is 0 Å². The van der Waals surface area contributed by atoms with Gasteiger partial charge in [0.1, 0.15) is 17.8 Å². The summed E-state index contributed by atoms with van der Waals surface area (Å²) in [6.45, 7) is -0.330. The number of nitrogens with zero attached hydrogens (tertiary/aromatic N) is 1. The Balaban J connectivity index is 2.01. The summed E-state index contributed by atoms with van der Waals surface area (Å²) in [7, 11) is 0. The SMILES string of the molecule is O=c1ccn([C@@H]2O[C@@]3(CO)CO[C@@H]2C3O)c(=O)[nH]1. The highest BCUT2D eigenvalue weighted by Gasteiger charge is 2.61. The van der Waals surface area contributed by atoms with Crippen LogP contribution in [-0.2, 0) is 9.47 Å². The van der Waals surface area contributed by atoms with Gasteiger partial charge in [-0.25, -0.2) is 4.79 Å². The number of hydrogen-bond donors (Lipinski definition) is 3. The molecule has 0 aromatic carbocycles. The van der Waals surface area contributed by atoms with Crippen LogP contribution < -0.4 is 11.2 Å². The molecule has 4 atom stereocenters. The number of aromatic nitrogens is 2. The fourth-order valence-corrected chi connectivity index (χ4v) is 2.38. The van der Waals surface area contributed by atoms with Crippen molar-refractivity contribution in [2.75, 3.05) is 13.2 Å². The summed E-state index contributed by atoms with van der Waals surface area (Å²) >= 11 is 0. The molecule has 1 aromatic heterocycles. The number of nitrogens with one attached hydrogen (secondary N) is 1. The second-order valence-electron chi connectivity index (χ2n) is 4.47. The summed E-state index contributed by atoms with van der Waals surface area (Å²) in [4.78, 5) is 24.7. The maximum Gasteiger partial charge on any atom is 0.330 e. The molecule has 0 spiro atoms. The van der Waals surface area contributed by atoms with Gasteiger partial charge in [0.25, 0.3) is 5.56 Å². The van der Waals surface area contributed by atoms with Gasteiger partial charge in [0.15, 0.2) is 6.23 Å². The van der Waals surface area contributed by atoms with E-state index >= 15 is 0 Å². The molecular weight excluding hydrogens is 244 g/mol. The average Bonchev–Trinajstić information content (AvgIpc) is 2.81. The molecule has 0 amide bonds. The van der Waals surface area contributed by atoms with Gasteiger partial charge in [-0.2, -0.15) is 0 Å². The van der Waals surface area contributed by atoms with Crippen molar-refractivity contribution in [3.8, 4) is 0 Å². The highest BCUT2D eigenvalue weighted by molar-refractivity contribution is 5.07. The van der Waals surface area contributed by atoms with Crippen molar-refractivity contribution >= 4 is 0 Å². The minimum atomic E-state index is -1.19. The monoisotopic (exact) mass is 256 g/mol. The smallest absolute Gasteiger partial charge is 0.330 e. The maximum atomic E-state index is 11.6. The molecule has 1 unspecified atom stereocenters. The van der Waals surface area contributed by atoms with Gasteiger partial charge in [-0.15, -0.1) is 0 Å². The van der Waals surface area contributed by atoms with E-state index in [-0.39, 0.29) is 6.61 Å². The lowest BCUT2D eigenvalue weighted by Gasteiger charge is -2.29. The Hall–Kier alpha value is -1.48. The molecule has 2 aliphatic rings. The summed E-state index contributed by atoms with van der Waals surface area (Å²) in [6, 6.07) is 1.18. The molecule has 3 rings (SSSR count). The number of aliphatic hydroxyl groups is 2. The van der Waals surface area contributed by atoms with Crippen molar-refractivity contribution < 1.29 is 19.7 Å². The van der Waals surface area contributed by atoms with Crippen molar-refractivity contribution in [1.29, 1.82) is 0 Å². The minimum absolute atomic E-state index is 0.0734. The highest BCUT2D eigenvalue weighted by Crippen LogP contribution is 2.43. The third-order valence-corrected chi connectivity index (χ3v) is 3.40. The van der Waals surface area contributed by atoms with Crippen molar-refractivity contribution in [2.45, 2.75) is 24.0 Å². The first-order valence-electron chi connectivity index (χ1n) is 5.47. The van der Waals surface area contributed by atoms with Gasteiger partial charge in [0, 0.05) is 12.3 Å². The van der Waals surface area contributed by atoms with Crippen molar-refractivity contribution in [3.05, 3.63) is 33.1 Å². The number of aromatic amines is 1. The third-order valence-electron chi connectivity index (χ3n) is 3.40. The van der Waals surface area contributed by atoms with Gasteiger partial charge < -0.3 is 19.7 Å². The van der Waals surface area contributed by atoms with Crippen LogP contribution in [0.5, 0.6) is 0 Å². The molecule has 98 valence electrons. The van der Waals surface area contributed by atoms with Crippen LogP contribution in [0.2, 0.25) is 0 Å². The van der Waals surface area contributed by atoms with Crippen molar-refractivity contribution in [3.63, 3.8) is 0 Å². The fourth-order valence-electron chi connectivity index (χ4n) is 2.38. The van der Waals surface area contributed by atoms with E-state index in [1.165, 1.54) is 12.3 Å². The number of hydrogen-bond acceptors (Lipinski definition) is 6. The lowest BCUT2D eigenvalue weighted by molar-refractivity contribution is -0.187. The maximum absolute atomic E-state index is 11.6. The molecule has 8 nitrogen and oxygen atoms in total. The van der Waals surface area contributed by atoms with Gasteiger partial charge in [-0.05, 0) is 0 Å². The Morgan fingerprint density at radius 1 is 1.56 bits per heavy atom. The van der Waals surface area contributed by atoms with Crippen LogP contribution >= 0.6 is 0 Å². The summed E-state index contributed by atoms with van der Waals surface area (Å²) in [5.74, 6) is 0. The second-order valence-corrected chi connectivity index (χ2v) is 4.47. The number of aliphatic hydroxyl groups excluding tert-OH is 2. The Morgan fingerprint density at radius 2 is 2.33 bits per heavy atom. The summed E-state index contributed by atoms with van der Waals surface area (Å²) < 4.78 is 12.0. The zero-order valence-corrected chi connectivity index (χ0v) is 9.28. The molecule has 0 aliphatic carbocycles. The second kappa shape index (κ2) is 3.75. The molecule has 3 N–H and O–H groups in total. The van der Waals surface area contributed by atoms with E-state index in [1.807, 2.05) is 0 Å². The summed E-state index contributed by atoms with van der Waals surface area (Å²) in [5.41, 5.74) is -2.35. The van der Waals surface area contributed by atoms with Crippen LogP contribution in [-0.4, -0.2) is 50.8 Å². The third kappa shape index (κ3) is 1.40. The summed E-state index contributed by atoms with van der Waals surface area (Å²) in [5, 5.41) is 19.2. The number of H-pyrrole nitrogens is 1. The van der Waals surface area contributed by atoms with E-state index in [0.29, 0.717) is 0 Å². The van der Waals surface area contributed by atoms with E-state index in [9.17, 15) is 19.8 Å². The zero-order valence-electron chi connectivity index (χ0n) is 9.28. The molecule has 0 radical (unpaired) electrons. The lowest BCUT2D eigenvalue weighted by atomic mass is 10.0. The van der Waals surface area contributed by atoms with Crippen LogP contribution in [0, 0.1) is 0 Å². The van der Waals surface area contributed by atoms with Gasteiger partial charge in [0.05, 0.1) is 13.2 Å². The summed E-state index contributed by atoms with van der Waals surface area (Å²) in [6.07, 6.45) is -1.33. The Bertz CT molecular complexity index is 580. The molecule has 2 fully saturated rings. The Kier molecular flexibility index (Phi) is 2.42. The van der Waals surface area contributed by atoms with Gasteiger partial charge in [-0.3, -0.25) is 14.3 Å². The molecule has 2 saturated heterocycles. The van der Waals surface area contributed by atoms with E-state index in [0.717, 1.165) is 4.57 Å². The van der Waals surface area contributed by atoms with Gasteiger partial charge in [-0.1, -0.05) is 0 Å². The molecule has 3 heterocycles. The molecule has 8 heteroatoms. The molecule has 0 saturated carbocycles. The first kappa shape index (κ1) is 11.6. The molecule has 18 heavy (non-hydrogen) atoms. The molecule has 1 aromatic rings. The van der Waals surface area contributed by atoms with Gasteiger partial charge in [0.2, 0.25) is 0 Å². The topological polar surface area (TPSA) is 114 Å². The lowest BCUT2D eigenvalue weighted by Crippen LogP contribution is -2.44. The van der Waals surface area contributed by atoms with Crippen molar-refractivity contribution in [1.82, 2.24) is 9.55 Å². The van der Waals surface area contributed by atoms with E-state index < -0.39 is 41.9 Å². The first-order chi connectivity index (χ1) is 8.57. The average molecular weight is 256 g/mol. The molecule has 2 aliphatic heterocycles. The fraction of sp³-hybridized carbons (Fsp3) is 0.600. The standard InChI is InChI=1S/C10H12N2O6/c13-3-10-4-17-6(7(10)15)8(18-10)12-2-1-5(14)11-9(12)16/h1-2,6-8,13,15H,3-4H2,(H,11,14,16)/t6-,7?,8-,10+/m1/s1. The highest BCUT2D eigenvalue weighted by atomic mass is 16.7. The van der Waals surface area contributed by atoms with Crippen molar-refractivity contribution in [2.24, 2.45) is 0 Å². The van der Waals surface area contributed by atoms with Crippen LogP contribution in [0.4, 0.5) is 0 Å². The quantitative estimate of drug-likeness (QED) is 0.541. The predicted octanol–water partition coefficient (Wildman–Crippen LogP) is -2.44. The van der Waals surface area contributed by atoms with Crippen LogP contribution in [0.1, 0.15) is 6.23 Å². The number of fused-ring (bicyclic) bond motifs is 2.